The van der Waals surface area contributed by atoms with Crippen molar-refractivity contribution in [3.8, 4) is 0 Å². The van der Waals surface area contributed by atoms with E-state index in [-0.39, 0.29) is 24.4 Å². The van der Waals surface area contributed by atoms with Crippen molar-refractivity contribution < 1.29 is 14.3 Å². The summed E-state index contributed by atoms with van der Waals surface area (Å²) in [6.45, 7) is 1.51. The molecule has 0 saturated heterocycles. The molecule has 8 heteroatoms. The van der Waals surface area contributed by atoms with Crippen LogP contribution >= 0.6 is 0 Å². The Morgan fingerprint density at radius 2 is 1.78 bits per heavy atom. The number of amides is 1. The van der Waals surface area contributed by atoms with E-state index in [1.165, 1.54) is 6.07 Å². The molecule has 138 valence electrons. The molecule has 2 aromatic carbocycles. The van der Waals surface area contributed by atoms with Crippen LogP contribution in [-0.4, -0.2) is 28.0 Å². The van der Waals surface area contributed by atoms with Crippen LogP contribution < -0.4 is 16.4 Å². The average Bonchev–Trinajstić information content (AvgIpc) is 2.66. The maximum atomic E-state index is 12.5. The highest BCUT2D eigenvalue weighted by Gasteiger charge is 2.16. The molecule has 0 atom stereocenters. The number of benzene rings is 2. The number of esters is 1. The van der Waals surface area contributed by atoms with Crippen LogP contribution in [0.15, 0.2) is 58.1 Å². The molecule has 1 amide bonds. The summed E-state index contributed by atoms with van der Waals surface area (Å²) < 4.78 is 6.06. The largest absolute Gasteiger partial charge is 0.462 e. The van der Waals surface area contributed by atoms with E-state index >= 15 is 0 Å². The lowest BCUT2D eigenvalue weighted by Crippen LogP contribution is -2.38. The molecule has 3 aromatic rings. The molecule has 27 heavy (non-hydrogen) atoms. The molecule has 1 aromatic heterocycles. The van der Waals surface area contributed by atoms with E-state index < -0.39 is 23.0 Å². The number of nitrogens with zero attached hydrogens (tertiary/aromatic N) is 1. The molecule has 0 unspecified atom stereocenters. The third kappa shape index (κ3) is 3.79. The number of aromatic nitrogens is 2. The van der Waals surface area contributed by atoms with Gasteiger partial charge in [0.15, 0.2) is 0 Å². The quantitative estimate of drug-likeness (QED) is 0.525. The van der Waals surface area contributed by atoms with Gasteiger partial charge in [-0.05, 0) is 31.2 Å². The van der Waals surface area contributed by atoms with Crippen LogP contribution in [0.3, 0.4) is 0 Å². The SMILES string of the molecule is CCOC(=O)c1ccccc1NC(=O)Cn1c(=O)c(=O)[nH]c2ccccc21. The predicted octanol–water partition coefficient (Wildman–Crippen LogP) is 1.51. The van der Waals surface area contributed by atoms with Crippen molar-refractivity contribution in [1.29, 1.82) is 0 Å². The van der Waals surface area contributed by atoms with E-state index in [1.54, 1.807) is 49.4 Å². The number of H-pyrrole nitrogens is 1. The number of anilines is 1. The number of ether oxygens (including phenoxy) is 1. The Bertz CT molecular complexity index is 1130. The van der Waals surface area contributed by atoms with Crippen LogP contribution in [0.25, 0.3) is 11.0 Å². The minimum Gasteiger partial charge on any atom is -0.462 e. The third-order valence-corrected chi connectivity index (χ3v) is 3.88. The smallest absolute Gasteiger partial charge is 0.340 e. The Morgan fingerprint density at radius 1 is 1.07 bits per heavy atom. The maximum absolute atomic E-state index is 12.5. The summed E-state index contributed by atoms with van der Waals surface area (Å²) in [7, 11) is 0. The summed E-state index contributed by atoms with van der Waals surface area (Å²) in [5, 5.41) is 2.60. The molecule has 1 heterocycles. The second kappa shape index (κ2) is 7.69. The van der Waals surface area contributed by atoms with Crippen molar-refractivity contribution in [2.75, 3.05) is 11.9 Å². The first-order valence-electron chi connectivity index (χ1n) is 8.29. The van der Waals surface area contributed by atoms with Gasteiger partial charge in [-0.25, -0.2) is 4.79 Å². The number of carbonyl (C=O) groups excluding carboxylic acids is 2. The number of carbonyl (C=O) groups is 2. The zero-order valence-electron chi connectivity index (χ0n) is 14.5. The summed E-state index contributed by atoms with van der Waals surface area (Å²) in [6, 6.07) is 13.1. The van der Waals surface area contributed by atoms with Gasteiger partial charge in [0.25, 0.3) is 0 Å². The van der Waals surface area contributed by atoms with Gasteiger partial charge in [-0.3, -0.25) is 19.0 Å². The Kier molecular flexibility index (Phi) is 5.16. The van der Waals surface area contributed by atoms with Crippen molar-refractivity contribution in [3.63, 3.8) is 0 Å². The minimum absolute atomic E-state index is 0.204. The maximum Gasteiger partial charge on any atom is 0.340 e. The molecule has 0 aliphatic rings. The van der Waals surface area contributed by atoms with Crippen LogP contribution in [0.5, 0.6) is 0 Å². The lowest BCUT2D eigenvalue weighted by molar-refractivity contribution is -0.116. The van der Waals surface area contributed by atoms with Crippen LogP contribution in [0.1, 0.15) is 17.3 Å². The van der Waals surface area contributed by atoms with Gasteiger partial charge in [-0.2, -0.15) is 0 Å². The first kappa shape index (κ1) is 18.1. The van der Waals surface area contributed by atoms with Crippen molar-refractivity contribution in [2.24, 2.45) is 0 Å². The Balaban J connectivity index is 1.91. The van der Waals surface area contributed by atoms with E-state index in [1.807, 2.05) is 0 Å². The van der Waals surface area contributed by atoms with Crippen LogP contribution in [-0.2, 0) is 16.1 Å². The lowest BCUT2D eigenvalue weighted by Gasteiger charge is -2.12. The lowest BCUT2D eigenvalue weighted by atomic mass is 10.2. The normalized spacial score (nSPS) is 10.6. The molecule has 0 aliphatic heterocycles. The molecular weight excluding hydrogens is 350 g/mol. The summed E-state index contributed by atoms with van der Waals surface area (Å²) >= 11 is 0. The van der Waals surface area contributed by atoms with Crippen molar-refractivity contribution >= 4 is 28.6 Å². The first-order valence-corrected chi connectivity index (χ1v) is 8.29. The summed E-state index contributed by atoms with van der Waals surface area (Å²) in [4.78, 5) is 51.0. The molecule has 0 aliphatic carbocycles. The zero-order valence-corrected chi connectivity index (χ0v) is 14.5. The van der Waals surface area contributed by atoms with Crippen LogP contribution in [0.4, 0.5) is 5.69 Å². The van der Waals surface area contributed by atoms with E-state index in [4.69, 9.17) is 4.74 Å². The second-order valence-corrected chi connectivity index (χ2v) is 5.68. The Labute approximate surface area is 153 Å². The fourth-order valence-electron chi connectivity index (χ4n) is 2.69. The van der Waals surface area contributed by atoms with Crippen LogP contribution in [0, 0.1) is 0 Å². The van der Waals surface area contributed by atoms with Gasteiger partial charge in [0.05, 0.1) is 28.9 Å². The summed E-state index contributed by atoms with van der Waals surface area (Å²) in [5.74, 6) is -1.11. The molecule has 0 bridgehead atoms. The molecule has 0 radical (unpaired) electrons. The second-order valence-electron chi connectivity index (χ2n) is 5.68. The number of nitrogens with one attached hydrogen (secondary N) is 2. The highest BCUT2D eigenvalue weighted by Crippen LogP contribution is 2.16. The molecule has 0 fully saturated rings. The Hall–Kier alpha value is -3.68. The summed E-state index contributed by atoms with van der Waals surface area (Å²) in [6.07, 6.45) is 0. The first-order chi connectivity index (χ1) is 13.0. The zero-order chi connectivity index (χ0) is 19.4. The average molecular weight is 367 g/mol. The number of hydrogen-bond donors (Lipinski definition) is 2. The van der Waals surface area contributed by atoms with E-state index in [2.05, 4.69) is 10.3 Å². The number of para-hydroxylation sites is 3. The van der Waals surface area contributed by atoms with Crippen LogP contribution in [0.2, 0.25) is 0 Å². The van der Waals surface area contributed by atoms with Gasteiger partial charge in [0, 0.05) is 0 Å². The van der Waals surface area contributed by atoms with Gasteiger partial charge >= 0.3 is 17.1 Å². The van der Waals surface area contributed by atoms with E-state index in [0.717, 1.165) is 4.57 Å². The van der Waals surface area contributed by atoms with Gasteiger partial charge in [-0.15, -0.1) is 0 Å². The monoisotopic (exact) mass is 367 g/mol. The van der Waals surface area contributed by atoms with E-state index in [9.17, 15) is 19.2 Å². The van der Waals surface area contributed by atoms with Gasteiger partial charge in [-0.1, -0.05) is 24.3 Å². The number of aromatic amines is 1. The van der Waals surface area contributed by atoms with Gasteiger partial charge in [0.1, 0.15) is 6.54 Å². The number of hydrogen-bond acceptors (Lipinski definition) is 5. The minimum atomic E-state index is -0.831. The molecular formula is C19H17N3O5. The van der Waals surface area contributed by atoms with Crippen molar-refractivity contribution in [1.82, 2.24) is 9.55 Å². The van der Waals surface area contributed by atoms with Gasteiger partial charge in [0.2, 0.25) is 5.91 Å². The predicted molar refractivity (Wildman–Crippen MR) is 99.9 cm³/mol. The standard InChI is InChI=1S/C19H17N3O5/c1-2-27-19(26)12-7-3-4-8-13(12)20-16(23)11-22-15-10-6-5-9-14(15)21-17(24)18(22)25/h3-10H,2,11H2,1H3,(H,20,23)(H,21,24). The fourth-order valence-corrected chi connectivity index (χ4v) is 2.69. The topological polar surface area (TPSA) is 110 Å². The molecule has 8 nitrogen and oxygen atoms in total. The highest BCUT2D eigenvalue weighted by molar-refractivity contribution is 6.01. The highest BCUT2D eigenvalue weighted by atomic mass is 16.5. The van der Waals surface area contributed by atoms with Crippen molar-refractivity contribution in [2.45, 2.75) is 13.5 Å². The third-order valence-electron chi connectivity index (χ3n) is 3.88. The van der Waals surface area contributed by atoms with E-state index in [0.29, 0.717) is 11.0 Å². The van der Waals surface area contributed by atoms with Crippen molar-refractivity contribution in [3.05, 3.63) is 74.8 Å². The Morgan fingerprint density at radius 3 is 2.56 bits per heavy atom. The fraction of sp³-hybridized carbons (Fsp3) is 0.158. The number of fused-ring (bicyclic) bond motifs is 1. The molecule has 0 spiro atoms. The molecule has 2 N–H and O–H groups in total. The number of rotatable bonds is 5. The summed E-state index contributed by atoms with van der Waals surface area (Å²) in [5.41, 5.74) is -0.298. The van der Waals surface area contributed by atoms with Gasteiger partial charge < -0.3 is 15.0 Å². The molecule has 0 saturated carbocycles. The molecule has 3 rings (SSSR count).